The van der Waals surface area contributed by atoms with Crippen molar-refractivity contribution in [3.63, 3.8) is 0 Å². The first kappa shape index (κ1) is 12.5. The summed E-state index contributed by atoms with van der Waals surface area (Å²) in [4.78, 5) is 18.5. The zero-order chi connectivity index (χ0) is 13.9. The van der Waals surface area contributed by atoms with Gasteiger partial charge >= 0.3 is 0 Å². The van der Waals surface area contributed by atoms with Crippen molar-refractivity contribution in [2.45, 2.75) is 19.9 Å². The first-order valence-electron chi connectivity index (χ1n) is 6.47. The van der Waals surface area contributed by atoms with E-state index in [1.807, 2.05) is 25.1 Å². The number of benzene rings is 1. The molecular weight excluding hydrogens is 258 g/mol. The Morgan fingerprint density at radius 3 is 3.00 bits per heavy atom. The van der Waals surface area contributed by atoms with E-state index in [0.717, 1.165) is 17.1 Å². The zero-order valence-electron chi connectivity index (χ0n) is 11.1. The summed E-state index contributed by atoms with van der Waals surface area (Å²) in [7, 11) is 0. The van der Waals surface area contributed by atoms with E-state index >= 15 is 0 Å². The van der Waals surface area contributed by atoms with E-state index in [2.05, 4.69) is 15.3 Å². The molecule has 0 saturated heterocycles. The minimum atomic E-state index is -0.148. The molecule has 0 unspecified atom stereocenters. The Morgan fingerprint density at radius 1 is 1.30 bits per heavy atom. The summed E-state index contributed by atoms with van der Waals surface area (Å²) in [5, 5.41) is 3.14. The first-order chi connectivity index (χ1) is 9.74. The molecule has 20 heavy (non-hydrogen) atoms. The molecule has 1 aliphatic rings. The summed E-state index contributed by atoms with van der Waals surface area (Å²) in [6.07, 6.45) is 0.689. The van der Waals surface area contributed by atoms with Crippen molar-refractivity contribution in [2.75, 3.05) is 12.1 Å². The molecule has 6 nitrogen and oxygen atoms in total. The second kappa shape index (κ2) is 5.24. The molecule has 0 atom stereocenters. The van der Waals surface area contributed by atoms with Gasteiger partial charge in [0.1, 0.15) is 11.6 Å². The predicted octanol–water partition coefficient (Wildman–Crippen LogP) is 1.67. The highest BCUT2D eigenvalue weighted by Crippen LogP contribution is 2.32. The van der Waals surface area contributed by atoms with E-state index in [1.165, 1.54) is 6.07 Å². The van der Waals surface area contributed by atoms with Crippen molar-refractivity contribution in [1.29, 1.82) is 0 Å². The van der Waals surface area contributed by atoms with Gasteiger partial charge in [0.25, 0.3) is 5.56 Å². The lowest BCUT2D eigenvalue weighted by atomic mass is 10.2. The maximum atomic E-state index is 11.5. The molecule has 3 rings (SSSR count). The van der Waals surface area contributed by atoms with Gasteiger partial charge < -0.3 is 19.8 Å². The second-order valence-corrected chi connectivity index (χ2v) is 4.47. The van der Waals surface area contributed by atoms with Crippen LogP contribution in [-0.4, -0.2) is 16.8 Å². The lowest BCUT2D eigenvalue weighted by Crippen LogP contribution is -2.13. The van der Waals surface area contributed by atoms with Crippen LogP contribution in [0.5, 0.6) is 11.5 Å². The van der Waals surface area contributed by atoms with Crippen LogP contribution in [-0.2, 0) is 13.0 Å². The molecule has 2 N–H and O–H groups in total. The van der Waals surface area contributed by atoms with Crippen molar-refractivity contribution >= 4 is 5.82 Å². The molecule has 0 spiro atoms. The number of ether oxygens (including phenoxy) is 2. The number of hydrogen-bond acceptors (Lipinski definition) is 5. The number of aromatic amines is 1. The number of rotatable bonds is 4. The van der Waals surface area contributed by atoms with Crippen LogP contribution < -0.4 is 20.3 Å². The van der Waals surface area contributed by atoms with Crippen molar-refractivity contribution in [1.82, 2.24) is 9.97 Å². The monoisotopic (exact) mass is 273 g/mol. The standard InChI is InChI=1S/C14H15N3O3/c1-2-12-16-13(6-14(18)17-12)15-7-9-3-4-10-11(5-9)20-8-19-10/h3-6H,2,7-8H2,1H3,(H2,15,16,17,18). The van der Waals surface area contributed by atoms with Crippen LogP contribution in [0.1, 0.15) is 18.3 Å². The Hall–Kier alpha value is -2.50. The van der Waals surface area contributed by atoms with Gasteiger partial charge in [-0.3, -0.25) is 4.79 Å². The number of H-pyrrole nitrogens is 1. The maximum absolute atomic E-state index is 11.5. The van der Waals surface area contributed by atoms with E-state index in [0.29, 0.717) is 24.6 Å². The molecule has 2 aromatic rings. The Labute approximate surface area is 115 Å². The van der Waals surface area contributed by atoms with Gasteiger partial charge in [-0.1, -0.05) is 13.0 Å². The van der Waals surface area contributed by atoms with E-state index in [-0.39, 0.29) is 12.4 Å². The molecule has 0 fully saturated rings. The van der Waals surface area contributed by atoms with Gasteiger partial charge in [0, 0.05) is 19.0 Å². The second-order valence-electron chi connectivity index (χ2n) is 4.47. The van der Waals surface area contributed by atoms with Crippen molar-refractivity contribution in [3.05, 3.63) is 46.0 Å². The Balaban J connectivity index is 1.73. The number of aromatic nitrogens is 2. The van der Waals surface area contributed by atoms with Gasteiger partial charge in [-0.15, -0.1) is 0 Å². The summed E-state index contributed by atoms with van der Waals surface area (Å²) in [5.41, 5.74) is 0.888. The van der Waals surface area contributed by atoms with Crippen LogP contribution >= 0.6 is 0 Å². The molecular formula is C14H15N3O3. The van der Waals surface area contributed by atoms with E-state index in [4.69, 9.17) is 9.47 Å². The highest BCUT2D eigenvalue weighted by Gasteiger charge is 2.13. The molecule has 6 heteroatoms. The smallest absolute Gasteiger partial charge is 0.252 e. The summed E-state index contributed by atoms with van der Waals surface area (Å²) in [6, 6.07) is 7.20. The average molecular weight is 273 g/mol. The fourth-order valence-corrected chi connectivity index (χ4v) is 2.01. The van der Waals surface area contributed by atoms with Gasteiger partial charge in [0.15, 0.2) is 11.5 Å². The largest absolute Gasteiger partial charge is 0.454 e. The topological polar surface area (TPSA) is 76.2 Å². The Morgan fingerprint density at radius 2 is 2.15 bits per heavy atom. The third-order valence-electron chi connectivity index (χ3n) is 3.04. The third-order valence-corrected chi connectivity index (χ3v) is 3.04. The van der Waals surface area contributed by atoms with Crippen LogP contribution in [0.2, 0.25) is 0 Å². The van der Waals surface area contributed by atoms with E-state index < -0.39 is 0 Å². The van der Waals surface area contributed by atoms with Gasteiger partial charge in [0.2, 0.25) is 6.79 Å². The third kappa shape index (κ3) is 2.59. The quantitative estimate of drug-likeness (QED) is 0.886. The molecule has 1 aromatic carbocycles. The Bertz CT molecular complexity index is 682. The molecule has 0 bridgehead atoms. The SMILES string of the molecule is CCc1nc(NCc2ccc3c(c2)OCO3)cc(=O)[nH]1. The normalized spacial score (nSPS) is 12.4. The van der Waals surface area contributed by atoms with E-state index in [1.54, 1.807) is 0 Å². The molecule has 0 saturated carbocycles. The number of nitrogens with one attached hydrogen (secondary N) is 2. The Kier molecular flexibility index (Phi) is 3.28. The minimum Gasteiger partial charge on any atom is -0.454 e. The molecule has 0 radical (unpaired) electrons. The number of fused-ring (bicyclic) bond motifs is 1. The highest BCUT2D eigenvalue weighted by atomic mass is 16.7. The van der Waals surface area contributed by atoms with Crippen LogP contribution in [0.25, 0.3) is 0 Å². The summed E-state index contributed by atoms with van der Waals surface area (Å²) < 4.78 is 10.6. The molecule has 0 aliphatic carbocycles. The molecule has 104 valence electrons. The van der Waals surface area contributed by atoms with Gasteiger partial charge in [-0.05, 0) is 17.7 Å². The number of aryl methyl sites for hydroxylation is 1. The number of anilines is 1. The lowest BCUT2D eigenvalue weighted by molar-refractivity contribution is 0.174. The van der Waals surface area contributed by atoms with Crippen LogP contribution in [0.15, 0.2) is 29.1 Å². The molecule has 2 heterocycles. The minimum absolute atomic E-state index is 0.148. The number of nitrogens with zero attached hydrogens (tertiary/aromatic N) is 1. The fourth-order valence-electron chi connectivity index (χ4n) is 2.01. The van der Waals surface area contributed by atoms with Crippen molar-refractivity contribution in [2.24, 2.45) is 0 Å². The molecule has 1 aromatic heterocycles. The number of hydrogen-bond donors (Lipinski definition) is 2. The predicted molar refractivity (Wildman–Crippen MR) is 74.1 cm³/mol. The van der Waals surface area contributed by atoms with Gasteiger partial charge in [-0.2, -0.15) is 0 Å². The van der Waals surface area contributed by atoms with Crippen LogP contribution in [0.3, 0.4) is 0 Å². The molecule has 1 aliphatic heterocycles. The van der Waals surface area contributed by atoms with Gasteiger partial charge in [-0.25, -0.2) is 4.98 Å². The summed E-state index contributed by atoms with van der Waals surface area (Å²) >= 11 is 0. The summed E-state index contributed by atoms with van der Waals surface area (Å²) in [5.74, 6) is 2.75. The average Bonchev–Trinajstić information content (AvgIpc) is 2.92. The zero-order valence-corrected chi connectivity index (χ0v) is 11.1. The molecule has 0 amide bonds. The summed E-state index contributed by atoms with van der Waals surface area (Å²) in [6.45, 7) is 2.78. The van der Waals surface area contributed by atoms with Crippen LogP contribution in [0.4, 0.5) is 5.82 Å². The van der Waals surface area contributed by atoms with Crippen molar-refractivity contribution in [3.8, 4) is 11.5 Å². The fraction of sp³-hybridized carbons (Fsp3) is 0.286. The highest BCUT2D eigenvalue weighted by molar-refractivity contribution is 5.45. The van der Waals surface area contributed by atoms with E-state index in [9.17, 15) is 4.79 Å². The van der Waals surface area contributed by atoms with Crippen LogP contribution in [0, 0.1) is 0 Å². The van der Waals surface area contributed by atoms with Gasteiger partial charge in [0.05, 0.1) is 0 Å². The first-order valence-corrected chi connectivity index (χ1v) is 6.47. The maximum Gasteiger partial charge on any atom is 0.252 e. The lowest BCUT2D eigenvalue weighted by Gasteiger charge is -2.07. The van der Waals surface area contributed by atoms with Crippen molar-refractivity contribution < 1.29 is 9.47 Å².